The van der Waals surface area contributed by atoms with Crippen LogP contribution in [-0.4, -0.2) is 11.6 Å². The predicted molar refractivity (Wildman–Crippen MR) is 95.6 cm³/mol. The number of Topliss-reactive ketones (excluding diaryl/α,β-unsaturated/α-hetero) is 2. The molecule has 0 aromatic heterocycles. The van der Waals surface area contributed by atoms with Gasteiger partial charge in [-0.1, -0.05) is 58.0 Å². The predicted octanol–water partition coefficient (Wildman–Crippen LogP) is 4.63. The van der Waals surface area contributed by atoms with Gasteiger partial charge < -0.3 is 5.73 Å². The Morgan fingerprint density at radius 2 is 1.09 bits per heavy atom. The Bertz CT molecular complexity index is 628. The lowest BCUT2D eigenvalue weighted by molar-refractivity contribution is 0.0932. The summed E-state index contributed by atoms with van der Waals surface area (Å²) in [4.78, 5) is 22.8. The fourth-order valence-electron chi connectivity index (χ4n) is 1.92. The summed E-state index contributed by atoms with van der Waals surface area (Å²) in [6.07, 6.45) is 0. The number of rotatable bonds is 4. The molecule has 0 radical (unpaired) electrons. The molecule has 0 atom stereocenters. The van der Waals surface area contributed by atoms with E-state index in [1.54, 1.807) is 24.3 Å². The second kappa shape index (κ2) is 8.89. The van der Waals surface area contributed by atoms with Gasteiger partial charge in [-0.15, -0.1) is 0 Å². The molecule has 0 saturated carbocycles. The summed E-state index contributed by atoms with van der Waals surface area (Å²) in [5, 5.41) is 0. The maximum absolute atomic E-state index is 11.4. The topological polar surface area (TPSA) is 60.2 Å². The van der Waals surface area contributed by atoms with Gasteiger partial charge >= 0.3 is 0 Å². The lowest BCUT2D eigenvalue weighted by atomic mass is 10.0. The van der Waals surface area contributed by atoms with Crippen molar-refractivity contribution in [2.75, 3.05) is 5.73 Å². The average Bonchev–Trinajstić information content (AvgIpc) is 2.55. The van der Waals surface area contributed by atoms with Crippen LogP contribution in [0.4, 0.5) is 5.69 Å². The van der Waals surface area contributed by atoms with Crippen molar-refractivity contribution in [3.8, 4) is 0 Å². The highest BCUT2D eigenvalue weighted by Gasteiger charge is 2.09. The molecule has 0 saturated heterocycles. The van der Waals surface area contributed by atoms with Crippen molar-refractivity contribution in [1.29, 1.82) is 0 Å². The van der Waals surface area contributed by atoms with Gasteiger partial charge in [0.15, 0.2) is 11.6 Å². The molecular formula is C20H25NO2. The van der Waals surface area contributed by atoms with Crippen LogP contribution in [0, 0.1) is 11.8 Å². The van der Waals surface area contributed by atoms with Crippen LogP contribution in [-0.2, 0) is 0 Å². The largest absolute Gasteiger partial charge is 0.399 e. The first kappa shape index (κ1) is 18.6. The molecule has 2 N–H and O–H groups in total. The Kier molecular flexibility index (Phi) is 7.20. The van der Waals surface area contributed by atoms with E-state index in [1.807, 2.05) is 58.0 Å². The highest BCUT2D eigenvalue weighted by molar-refractivity contribution is 5.97. The first-order valence-corrected chi connectivity index (χ1v) is 7.82. The molecule has 3 nitrogen and oxygen atoms in total. The van der Waals surface area contributed by atoms with E-state index in [1.165, 1.54) is 0 Å². The van der Waals surface area contributed by atoms with Gasteiger partial charge in [0, 0.05) is 28.7 Å². The van der Waals surface area contributed by atoms with Crippen molar-refractivity contribution in [3.63, 3.8) is 0 Å². The highest BCUT2D eigenvalue weighted by Crippen LogP contribution is 2.10. The minimum absolute atomic E-state index is 0.0497. The smallest absolute Gasteiger partial charge is 0.165 e. The minimum Gasteiger partial charge on any atom is -0.399 e. The van der Waals surface area contributed by atoms with E-state index < -0.39 is 0 Å². The zero-order valence-electron chi connectivity index (χ0n) is 14.2. The quantitative estimate of drug-likeness (QED) is 0.661. The highest BCUT2D eigenvalue weighted by atomic mass is 16.1. The molecule has 23 heavy (non-hydrogen) atoms. The normalized spacial score (nSPS) is 10.2. The number of carbonyl (C=O) groups excluding carboxylic acids is 2. The molecule has 0 fully saturated rings. The number of hydrogen-bond donors (Lipinski definition) is 1. The molecule has 3 heteroatoms. The fraction of sp³-hybridized carbons (Fsp3) is 0.300. The van der Waals surface area contributed by atoms with Crippen molar-refractivity contribution < 1.29 is 9.59 Å². The Morgan fingerprint density at radius 1 is 0.696 bits per heavy atom. The molecule has 0 aliphatic rings. The van der Waals surface area contributed by atoms with Gasteiger partial charge in [0.05, 0.1) is 0 Å². The monoisotopic (exact) mass is 311 g/mol. The van der Waals surface area contributed by atoms with Crippen LogP contribution in [0.1, 0.15) is 48.4 Å². The molecule has 0 amide bonds. The third kappa shape index (κ3) is 6.07. The van der Waals surface area contributed by atoms with Crippen LogP contribution in [0.2, 0.25) is 0 Å². The van der Waals surface area contributed by atoms with E-state index in [0.717, 1.165) is 11.1 Å². The van der Waals surface area contributed by atoms with E-state index in [2.05, 4.69) is 0 Å². The molecule has 0 bridgehead atoms. The van der Waals surface area contributed by atoms with E-state index >= 15 is 0 Å². The maximum atomic E-state index is 11.4. The number of nitrogen functional groups attached to an aromatic ring is 1. The standard InChI is InChI=1S/C10H13NO.C10H12O/c1-7(2)10(12)8-3-5-9(11)6-4-8;1-8(2)10(11)9-6-4-3-5-7-9/h3-7H,11H2,1-2H3;3-8H,1-2H3. The van der Waals surface area contributed by atoms with E-state index in [0.29, 0.717) is 5.69 Å². The van der Waals surface area contributed by atoms with Crippen LogP contribution >= 0.6 is 0 Å². The lowest BCUT2D eigenvalue weighted by Gasteiger charge is -2.03. The van der Waals surface area contributed by atoms with Gasteiger partial charge in [0.25, 0.3) is 0 Å². The molecule has 0 aliphatic heterocycles. The van der Waals surface area contributed by atoms with Gasteiger partial charge in [-0.25, -0.2) is 0 Å². The molecule has 0 unspecified atom stereocenters. The Hall–Kier alpha value is -2.42. The summed E-state index contributed by atoms with van der Waals surface area (Å²) >= 11 is 0. The second-order valence-electron chi connectivity index (χ2n) is 6.03. The Labute approximate surface area is 138 Å². The second-order valence-corrected chi connectivity index (χ2v) is 6.03. The number of hydrogen-bond acceptors (Lipinski definition) is 3. The Morgan fingerprint density at radius 3 is 1.48 bits per heavy atom. The third-order valence-electron chi connectivity index (χ3n) is 3.30. The van der Waals surface area contributed by atoms with Gasteiger partial charge in [-0.3, -0.25) is 9.59 Å². The van der Waals surface area contributed by atoms with Gasteiger partial charge in [0.2, 0.25) is 0 Å². The molecular weight excluding hydrogens is 286 g/mol. The molecule has 0 aliphatic carbocycles. The van der Waals surface area contributed by atoms with Crippen molar-refractivity contribution >= 4 is 17.3 Å². The number of benzene rings is 2. The van der Waals surface area contributed by atoms with Crippen LogP contribution in [0.3, 0.4) is 0 Å². The van der Waals surface area contributed by atoms with Crippen LogP contribution < -0.4 is 5.73 Å². The average molecular weight is 311 g/mol. The summed E-state index contributed by atoms with van der Waals surface area (Å²) in [6, 6.07) is 16.4. The van der Waals surface area contributed by atoms with Gasteiger partial charge in [-0.2, -0.15) is 0 Å². The summed E-state index contributed by atoms with van der Waals surface area (Å²) in [7, 11) is 0. The van der Waals surface area contributed by atoms with Crippen molar-refractivity contribution in [3.05, 3.63) is 65.7 Å². The number of ketones is 2. The zero-order valence-corrected chi connectivity index (χ0v) is 14.2. The van der Waals surface area contributed by atoms with Crippen LogP contribution in [0.25, 0.3) is 0 Å². The van der Waals surface area contributed by atoms with Gasteiger partial charge in [-0.05, 0) is 24.3 Å². The van der Waals surface area contributed by atoms with E-state index in [-0.39, 0.29) is 23.4 Å². The van der Waals surface area contributed by atoms with Crippen LogP contribution in [0.15, 0.2) is 54.6 Å². The third-order valence-corrected chi connectivity index (χ3v) is 3.30. The maximum Gasteiger partial charge on any atom is 0.165 e. The van der Waals surface area contributed by atoms with Crippen LogP contribution in [0.5, 0.6) is 0 Å². The fourth-order valence-corrected chi connectivity index (χ4v) is 1.92. The zero-order chi connectivity index (χ0) is 17.4. The minimum atomic E-state index is 0.0497. The number of anilines is 1. The molecule has 122 valence electrons. The summed E-state index contributed by atoms with van der Waals surface area (Å²) < 4.78 is 0. The van der Waals surface area contributed by atoms with Crippen molar-refractivity contribution in [2.24, 2.45) is 11.8 Å². The van der Waals surface area contributed by atoms with Crippen molar-refractivity contribution in [2.45, 2.75) is 27.7 Å². The SMILES string of the molecule is CC(C)C(=O)c1ccc(N)cc1.CC(C)C(=O)c1ccccc1. The summed E-state index contributed by atoms with van der Waals surface area (Å²) in [6.45, 7) is 7.60. The first-order valence-electron chi connectivity index (χ1n) is 7.82. The molecule has 0 heterocycles. The molecule has 2 aromatic rings. The molecule has 2 aromatic carbocycles. The van der Waals surface area contributed by atoms with E-state index in [9.17, 15) is 9.59 Å². The lowest BCUT2D eigenvalue weighted by Crippen LogP contribution is -2.06. The number of carbonyl (C=O) groups is 2. The Balaban J connectivity index is 0.000000231. The van der Waals surface area contributed by atoms with E-state index in [4.69, 9.17) is 5.73 Å². The molecule has 2 rings (SSSR count). The summed E-state index contributed by atoms with van der Waals surface area (Å²) in [5.74, 6) is 0.520. The number of nitrogens with two attached hydrogens (primary N) is 1. The van der Waals surface area contributed by atoms with Gasteiger partial charge in [0.1, 0.15) is 0 Å². The van der Waals surface area contributed by atoms with Crippen molar-refractivity contribution in [1.82, 2.24) is 0 Å². The summed E-state index contributed by atoms with van der Waals surface area (Å²) in [5.41, 5.74) is 7.72. The first-order chi connectivity index (χ1) is 10.8. The molecule has 0 spiro atoms.